The van der Waals surface area contributed by atoms with Crippen molar-refractivity contribution in [2.45, 2.75) is 25.8 Å². The van der Waals surface area contributed by atoms with E-state index in [1.165, 1.54) is 11.3 Å². The van der Waals surface area contributed by atoms with Crippen LogP contribution >= 0.6 is 11.3 Å². The fraction of sp³-hybridized carbons (Fsp3) is 0.423. The summed E-state index contributed by atoms with van der Waals surface area (Å²) in [6.45, 7) is 9.72. The summed E-state index contributed by atoms with van der Waals surface area (Å²) in [6, 6.07) is 11.7. The zero-order valence-electron chi connectivity index (χ0n) is 20.5. The summed E-state index contributed by atoms with van der Waals surface area (Å²) in [5, 5.41) is 14.5. The third kappa shape index (κ3) is 6.24. The molecule has 2 N–H and O–H groups in total. The number of hydrogen-bond acceptors (Lipinski definition) is 8. The number of nitrogens with zero attached hydrogens (tertiary/aromatic N) is 4. The molecular formula is C26H33N5O3S. The van der Waals surface area contributed by atoms with Gasteiger partial charge >= 0.3 is 0 Å². The number of ether oxygens (including phenoxy) is 1. The van der Waals surface area contributed by atoms with Crippen molar-refractivity contribution in [3.63, 3.8) is 0 Å². The van der Waals surface area contributed by atoms with Crippen LogP contribution in [0.5, 0.6) is 5.75 Å². The molecule has 1 aliphatic rings. The van der Waals surface area contributed by atoms with Gasteiger partial charge in [-0.1, -0.05) is 26.0 Å². The second kappa shape index (κ2) is 11.3. The zero-order valence-corrected chi connectivity index (χ0v) is 21.3. The van der Waals surface area contributed by atoms with Crippen LogP contribution in [-0.4, -0.2) is 77.2 Å². The Balaban J connectivity index is 1.33. The number of piperazine rings is 1. The van der Waals surface area contributed by atoms with E-state index in [0.717, 1.165) is 62.0 Å². The number of hydrogen-bond donors (Lipinski definition) is 2. The Morgan fingerprint density at radius 3 is 2.46 bits per heavy atom. The van der Waals surface area contributed by atoms with E-state index in [1.54, 1.807) is 13.3 Å². The lowest BCUT2D eigenvalue weighted by Gasteiger charge is -2.34. The van der Waals surface area contributed by atoms with E-state index in [0.29, 0.717) is 10.7 Å². The number of aliphatic hydroxyl groups excluding tert-OH is 1. The van der Waals surface area contributed by atoms with Crippen LogP contribution in [0.1, 0.15) is 41.2 Å². The Labute approximate surface area is 210 Å². The predicted octanol–water partition coefficient (Wildman–Crippen LogP) is 3.23. The number of rotatable bonds is 9. The highest BCUT2D eigenvalue weighted by Gasteiger charge is 2.26. The van der Waals surface area contributed by atoms with Gasteiger partial charge in [0.25, 0.3) is 5.91 Å². The molecule has 4 rings (SSSR count). The van der Waals surface area contributed by atoms with Crippen molar-refractivity contribution in [3.05, 3.63) is 70.5 Å². The van der Waals surface area contributed by atoms with Gasteiger partial charge in [0.15, 0.2) is 5.13 Å². The number of thiazole rings is 1. The minimum Gasteiger partial charge on any atom is -0.497 e. The molecule has 1 aliphatic heterocycles. The number of nitrogens with one attached hydrogen (secondary N) is 1. The first-order valence-electron chi connectivity index (χ1n) is 11.8. The van der Waals surface area contributed by atoms with E-state index >= 15 is 0 Å². The second-order valence-corrected chi connectivity index (χ2v) is 10.1. The van der Waals surface area contributed by atoms with Gasteiger partial charge in [-0.15, -0.1) is 11.3 Å². The normalized spacial score (nSPS) is 15.2. The lowest BCUT2D eigenvalue weighted by molar-refractivity contribution is 0.102. The molecule has 2 aromatic heterocycles. The summed E-state index contributed by atoms with van der Waals surface area (Å²) in [4.78, 5) is 26.6. The topological polar surface area (TPSA) is 90.8 Å². The maximum atomic E-state index is 12.8. The molecule has 0 saturated carbocycles. The number of carbonyl (C=O) groups excluding carboxylic acids is 1. The molecule has 0 atom stereocenters. The molecule has 1 aromatic carbocycles. The number of aliphatic hydroxyl groups is 1. The first-order chi connectivity index (χ1) is 16.9. The number of aromatic nitrogens is 2. The van der Waals surface area contributed by atoms with Crippen molar-refractivity contribution in [3.8, 4) is 5.75 Å². The molecule has 0 aliphatic carbocycles. The van der Waals surface area contributed by atoms with Gasteiger partial charge in [0.05, 0.1) is 30.7 Å². The highest BCUT2D eigenvalue weighted by molar-refractivity contribution is 7.14. The molecule has 9 heteroatoms. The lowest BCUT2D eigenvalue weighted by Crippen LogP contribution is -2.46. The molecule has 0 bridgehead atoms. The van der Waals surface area contributed by atoms with Crippen molar-refractivity contribution in [2.24, 2.45) is 0 Å². The second-order valence-electron chi connectivity index (χ2n) is 9.23. The van der Waals surface area contributed by atoms with Crippen LogP contribution in [0.3, 0.4) is 0 Å². The van der Waals surface area contributed by atoms with Gasteiger partial charge in [-0.2, -0.15) is 0 Å². The van der Waals surface area contributed by atoms with Gasteiger partial charge in [-0.3, -0.25) is 24.9 Å². The Hall–Kier alpha value is -2.85. The van der Waals surface area contributed by atoms with Gasteiger partial charge in [0.1, 0.15) is 5.75 Å². The summed E-state index contributed by atoms with van der Waals surface area (Å²) >= 11 is 1.42. The molecule has 8 nitrogen and oxygen atoms in total. The SMILES string of the molecule is COc1ccc(C(C)(C)c2csc(NC(=O)c3ccc(CN4CCN(CCO)CC4)nc3)n2)cc1. The third-order valence-electron chi connectivity index (χ3n) is 6.53. The van der Waals surface area contributed by atoms with Crippen LogP contribution < -0.4 is 10.1 Å². The van der Waals surface area contributed by atoms with Crippen LogP contribution in [0.25, 0.3) is 0 Å². The number of pyridine rings is 1. The van der Waals surface area contributed by atoms with Crippen molar-refractivity contribution in [1.82, 2.24) is 19.8 Å². The number of methoxy groups -OCH3 is 1. The maximum absolute atomic E-state index is 12.8. The molecule has 186 valence electrons. The largest absolute Gasteiger partial charge is 0.497 e. The van der Waals surface area contributed by atoms with Gasteiger partial charge in [0, 0.05) is 56.3 Å². The minimum atomic E-state index is -0.307. The summed E-state index contributed by atoms with van der Waals surface area (Å²) < 4.78 is 5.26. The standard InChI is InChI=1S/C26H33N5O3S/c1-26(2,20-5-8-22(34-3)9-6-20)23-18-35-25(28-23)29-24(33)19-4-7-21(27-16-19)17-31-12-10-30(11-13-31)14-15-32/h4-9,16,18,32H,10-15,17H2,1-3H3,(H,28,29,33). The molecule has 35 heavy (non-hydrogen) atoms. The fourth-order valence-electron chi connectivity index (χ4n) is 4.14. The zero-order chi connectivity index (χ0) is 24.8. The number of amides is 1. The number of benzene rings is 1. The quantitative estimate of drug-likeness (QED) is 0.471. The van der Waals surface area contributed by atoms with Gasteiger partial charge in [-0.05, 0) is 29.8 Å². The highest BCUT2D eigenvalue weighted by atomic mass is 32.1. The fourth-order valence-corrected chi connectivity index (χ4v) is 5.01. The number of anilines is 1. The summed E-state index contributed by atoms with van der Waals surface area (Å²) in [6.07, 6.45) is 1.63. The maximum Gasteiger partial charge on any atom is 0.259 e. The average Bonchev–Trinajstić information content (AvgIpc) is 3.35. The molecule has 3 heterocycles. The van der Waals surface area contributed by atoms with E-state index in [1.807, 2.05) is 41.8 Å². The van der Waals surface area contributed by atoms with E-state index in [4.69, 9.17) is 9.84 Å². The van der Waals surface area contributed by atoms with E-state index < -0.39 is 0 Å². The molecule has 1 saturated heterocycles. The van der Waals surface area contributed by atoms with Gasteiger partial charge in [0.2, 0.25) is 0 Å². The molecule has 3 aromatic rings. The Morgan fingerprint density at radius 1 is 1.11 bits per heavy atom. The van der Waals surface area contributed by atoms with E-state index in [9.17, 15) is 4.79 Å². The van der Waals surface area contributed by atoms with Crippen molar-refractivity contribution in [2.75, 3.05) is 51.8 Å². The van der Waals surface area contributed by atoms with Crippen molar-refractivity contribution >= 4 is 22.4 Å². The molecule has 0 spiro atoms. The first kappa shape index (κ1) is 25.2. The smallest absolute Gasteiger partial charge is 0.259 e. The van der Waals surface area contributed by atoms with Crippen LogP contribution in [0.15, 0.2) is 48.0 Å². The number of β-amino-alcohol motifs (C(OH)–C–C–N with tert-alkyl or cyclic N) is 1. The van der Waals surface area contributed by atoms with E-state index in [-0.39, 0.29) is 17.9 Å². The Morgan fingerprint density at radius 2 is 1.83 bits per heavy atom. The number of carbonyl (C=O) groups is 1. The summed E-state index contributed by atoms with van der Waals surface area (Å²) in [5.41, 5.74) is 3.16. The van der Waals surface area contributed by atoms with Gasteiger partial charge < -0.3 is 9.84 Å². The van der Waals surface area contributed by atoms with Crippen LogP contribution in [0.4, 0.5) is 5.13 Å². The van der Waals surface area contributed by atoms with Crippen LogP contribution in [0, 0.1) is 0 Å². The Kier molecular flexibility index (Phi) is 8.12. The molecular weight excluding hydrogens is 462 g/mol. The van der Waals surface area contributed by atoms with Crippen molar-refractivity contribution in [1.29, 1.82) is 0 Å². The molecule has 0 radical (unpaired) electrons. The minimum absolute atomic E-state index is 0.202. The predicted molar refractivity (Wildman–Crippen MR) is 138 cm³/mol. The summed E-state index contributed by atoms with van der Waals surface area (Å²) in [5.74, 6) is 0.598. The molecule has 1 amide bonds. The lowest BCUT2D eigenvalue weighted by atomic mass is 9.82. The molecule has 1 fully saturated rings. The Bertz CT molecular complexity index is 1110. The highest BCUT2D eigenvalue weighted by Crippen LogP contribution is 2.34. The average molecular weight is 496 g/mol. The van der Waals surface area contributed by atoms with Gasteiger partial charge in [-0.25, -0.2) is 4.98 Å². The first-order valence-corrected chi connectivity index (χ1v) is 12.7. The van der Waals surface area contributed by atoms with E-state index in [2.05, 4.69) is 38.9 Å². The van der Waals surface area contributed by atoms with Crippen molar-refractivity contribution < 1.29 is 14.6 Å². The van der Waals surface area contributed by atoms with Crippen LogP contribution in [0.2, 0.25) is 0 Å². The van der Waals surface area contributed by atoms with Crippen LogP contribution in [-0.2, 0) is 12.0 Å². The monoisotopic (exact) mass is 495 g/mol. The molecule has 0 unspecified atom stereocenters. The third-order valence-corrected chi connectivity index (χ3v) is 7.29. The summed E-state index contributed by atoms with van der Waals surface area (Å²) in [7, 11) is 1.65.